The van der Waals surface area contributed by atoms with Crippen molar-refractivity contribution in [2.45, 2.75) is 19.6 Å². The predicted octanol–water partition coefficient (Wildman–Crippen LogP) is 2.51. The Labute approximate surface area is 112 Å². The van der Waals surface area contributed by atoms with Gasteiger partial charge in [-0.15, -0.1) is 0 Å². The highest BCUT2D eigenvalue weighted by atomic mass is 79.9. The normalized spacial score (nSPS) is 12.7. The molecule has 1 rings (SSSR count). The van der Waals surface area contributed by atoms with Crippen LogP contribution in [0.1, 0.15) is 11.1 Å². The van der Waals surface area contributed by atoms with Crippen molar-refractivity contribution in [2.24, 2.45) is 0 Å². The Morgan fingerprint density at radius 3 is 2.71 bits per heavy atom. The van der Waals surface area contributed by atoms with E-state index in [1.807, 2.05) is 0 Å². The summed E-state index contributed by atoms with van der Waals surface area (Å²) in [6.07, 6.45) is 0.101. The van der Waals surface area contributed by atoms with Gasteiger partial charge in [0.25, 0.3) is 0 Å². The van der Waals surface area contributed by atoms with Crippen LogP contribution in [0.4, 0.5) is 0 Å². The van der Waals surface area contributed by atoms with Crippen LogP contribution in [0.5, 0.6) is 0 Å². The molecule has 4 heteroatoms. The Morgan fingerprint density at radius 2 is 2.12 bits per heavy atom. The van der Waals surface area contributed by atoms with Gasteiger partial charge < -0.3 is 14.8 Å². The van der Waals surface area contributed by atoms with Crippen molar-refractivity contribution >= 4 is 15.9 Å². The number of rotatable bonds is 7. The summed E-state index contributed by atoms with van der Waals surface area (Å²) < 4.78 is 11.5. The molecule has 0 saturated heterocycles. The first-order chi connectivity index (χ1) is 8.17. The molecule has 0 aromatic heterocycles. The molecule has 0 spiro atoms. The number of hydrogen-bond donors (Lipinski definition) is 1. The molecule has 0 amide bonds. The summed E-state index contributed by atoms with van der Waals surface area (Å²) in [5, 5.41) is 3.36. The summed E-state index contributed by atoms with van der Waals surface area (Å²) >= 11 is 3.57. The zero-order valence-corrected chi connectivity index (χ0v) is 12.2. The number of ether oxygens (including phenoxy) is 2. The van der Waals surface area contributed by atoms with Gasteiger partial charge in [0.05, 0.1) is 12.7 Å². The zero-order valence-electron chi connectivity index (χ0n) is 10.6. The first kappa shape index (κ1) is 14.6. The number of methoxy groups -OCH3 is 2. The Hall–Kier alpha value is -0.420. The highest BCUT2D eigenvalue weighted by molar-refractivity contribution is 9.10. The molecule has 0 bridgehead atoms. The van der Waals surface area contributed by atoms with Gasteiger partial charge in [0.15, 0.2) is 0 Å². The van der Waals surface area contributed by atoms with E-state index in [0.29, 0.717) is 6.61 Å². The van der Waals surface area contributed by atoms with Gasteiger partial charge >= 0.3 is 0 Å². The van der Waals surface area contributed by atoms with Gasteiger partial charge in [0.2, 0.25) is 0 Å². The summed E-state index contributed by atoms with van der Waals surface area (Å²) in [6.45, 7) is 4.30. The van der Waals surface area contributed by atoms with Gasteiger partial charge in [0.1, 0.15) is 0 Å². The maximum absolute atomic E-state index is 5.28. The minimum atomic E-state index is 0.101. The van der Waals surface area contributed by atoms with Crippen LogP contribution in [0.25, 0.3) is 0 Å². The highest BCUT2D eigenvalue weighted by Crippen LogP contribution is 2.17. The monoisotopic (exact) mass is 301 g/mol. The molecule has 0 fully saturated rings. The third kappa shape index (κ3) is 5.17. The first-order valence-corrected chi connectivity index (χ1v) is 6.44. The molecule has 0 aliphatic rings. The molecular formula is C13H20BrNO2. The van der Waals surface area contributed by atoms with Crippen molar-refractivity contribution in [3.05, 3.63) is 33.8 Å². The fourth-order valence-corrected chi connectivity index (χ4v) is 2.19. The van der Waals surface area contributed by atoms with E-state index in [2.05, 4.69) is 46.4 Å². The molecule has 0 radical (unpaired) electrons. The van der Waals surface area contributed by atoms with E-state index >= 15 is 0 Å². The van der Waals surface area contributed by atoms with Gasteiger partial charge in [0, 0.05) is 31.8 Å². The zero-order chi connectivity index (χ0) is 12.7. The van der Waals surface area contributed by atoms with E-state index in [1.54, 1.807) is 14.2 Å². The maximum Gasteiger partial charge on any atom is 0.0928 e. The Bertz CT molecular complexity index is 344. The van der Waals surface area contributed by atoms with E-state index in [4.69, 9.17) is 9.47 Å². The Morgan fingerprint density at radius 1 is 1.35 bits per heavy atom. The van der Waals surface area contributed by atoms with Crippen LogP contribution in [0, 0.1) is 6.92 Å². The largest absolute Gasteiger partial charge is 0.382 e. The van der Waals surface area contributed by atoms with Gasteiger partial charge in [-0.3, -0.25) is 0 Å². The topological polar surface area (TPSA) is 30.5 Å². The molecule has 17 heavy (non-hydrogen) atoms. The van der Waals surface area contributed by atoms with Crippen LogP contribution in [-0.4, -0.2) is 33.5 Å². The van der Waals surface area contributed by atoms with Crippen molar-refractivity contribution in [3.63, 3.8) is 0 Å². The Kier molecular flexibility index (Phi) is 6.73. The van der Waals surface area contributed by atoms with Crippen LogP contribution < -0.4 is 5.32 Å². The summed E-state index contributed by atoms with van der Waals surface area (Å²) in [5.74, 6) is 0. The van der Waals surface area contributed by atoms with Crippen molar-refractivity contribution in [2.75, 3.05) is 27.4 Å². The van der Waals surface area contributed by atoms with Crippen molar-refractivity contribution in [3.8, 4) is 0 Å². The maximum atomic E-state index is 5.28. The lowest BCUT2D eigenvalue weighted by atomic mass is 10.1. The summed E-state index contributed by atoms with van der Waals surface area (Å²) in [6, 6.07) is 6.37. The lowest BCUT2D eigenvalue weighted by Crippen LogP contribution is -2.31. The lowest BCUT2D eigenvalue weighted by Gasteiger charge is -2.15. The van der Waals surface area contributed by atoms with Gasteiger partial charge in [-0.25, -0.2) is 0 Å². The molecule has 0 saturated carbocycles. The standard InChI is InChI=1S/C13H20BrNO2/c1-10-4-5-11(13(14)6-10)7-15-8-12(17-3)9-16-2/h4-6,12,15H,7-9H2,1-3H3. The van der Waals surface area contributed by atoms with Crippen molar-refractivity contribution < 1.29 is 9.47 Å². The quantitative estimate of drug-likeness (QED) is 0.839. The molecule has 1 aromatic rings. The molecule has 1 aromatic carbocycles. The van der Waals surface area contributed by atoms with Gasteiger partial charge in [-0.05, 0) is 24.1 Å². The third-order valence-electron chi connectivity index (χ3n) is 2.58. The molecule has 1 atom stereocenters. The lowest BCUT2D eigenvalue weighted by molar-refractivity contribution is 0.0288. The van der Waals surface area contributed by atoms with Crippen LogP contribution in [0.15, 0.2) is 22.7 Å². The fourth-order valence-electron chi connectivity index (χ4n) is 1.56. The minimum Gasteiger partial charge on any atom is -0.382 e. The molecule has 0 heterocycles. The smallest absolute Gasteiger partial charge is 0.0928 e. The number of halogens is 1. The van der Waals surface area contributed by atoms with E-state index in [0.717, 1.165) is 17.6 Å². The van der Waals surface area contributed by atoms with E-state index in [1.165, 1.54) is 11.1 Å². The van der Waals surface area contributed by atoms with Crippen LogP contribution in [0.3, 0.4) is 0 Å². The Balaban J connectivity index is 2.39. The molecule has 0 aliphatic carbocycles. The second-order valence-corrected chi connectivity index (χ2v) is 4.89. The average Bonchev–Trinajstić information content (AvgIpc) is 2.30. The number of nitrogens with one attached hydrogen (secondary N) is 1. The van der Waals surface area contributed by atoms with Crippen molar-refractivity contribution in [1.29, 1.82) is 0 Å². The minimum absolute atomic E-state index is 0.101. The van der Waals surface area contributed by atoms with E-state index in [-0.39, 0.29) is 6.10 Å². The molecule has 96 valence electrons. The van der Waals surface area contributed by atoms with Gasteiger partial charge in [-0.1, -0.05) is 28.1 Å². The molecule has 0 aliphatic heterocycles. The van der Waals surface area contributed by atoms with Crippen LogP contribution >= 0.6 is 15.9 Å². The third-order valence-corrected chi connectivity index (χ3v) is 3.32. The molecule has 3 nitrogen and oxygen atoms in total. The highest BCUT2D eigenvalue weighted by Gasteiger charge is 2.06. The molecule has 1 N–H and O–H groups in total. The van der Waals surface area contributed by atoms with Crippen LogP contribution in [-0.2, 0) is 16.0 Å². The van der Waals surface area contributed by atoms with Crippen molar-refractivity contribution in [1.82, 2.24) is 5.32 Å². The molecule has 1 unspecified atom stereocenters. The van der Waals surface area contributed by atoms with E-state index < -0.39 is 0 Å². The SMILES string of the molecule is COCC(CNCc1ccc(C)cc1Br)OC. The molecular weight excluding hydrogens is 282 g/mol. The number of benzene rings is 1. The first-order valence-electron chi connectivity index (χ1n) is 5.65. The van der Waals surface area contributed by atoms with Crippen LogP contribution in [0.2, 0.25) is 0 Å². The second kappa shape index (κ2) is 7.82. The second-order valence-electron chi connectivity index (χ2n) is 4.04. The van der Waals surface area contributed by atoms with E-state index in [9.17, 15) is 0 Å². The summed E-state index contributed by atoms with van der Waals surface area (Å²) in [4.78, 5) is 0. The number of aryl methyl sites for hydroxylation is 1. The van der Waals surface area contributed by atoms with Gasteiger partial charge in [-0.2, -0.15) is 0 Å². The average molecular weight is 302 g/mol. The predicted molar refractivity (Wildman–Crippen MR) is 73.3 cm³/mol. The summed E-state index contributed by atoms with van der Waals surface area (Å²) in [7, 11) is 3.38. The summed E-state index contributed by atoms with van der Waals surface area (Å²) in [5.41, 5.74) is 2.51. The number of hydrogen-bond acceptors (Lipinski definition) is 3. The fraction of sp³-hybridized carbons (Fsp3) is 0.538.